The van der Waals surface area contributed by atoms with Crippen molar-refractivity contribution in [3.8, 4) is 11.3 Å². The van der Waals surface area contributed by atoms with Crippen molar-refractivity contribution < 1.29 is 19.4 Å². The van der Waals surface area contributed by atoms with Crippen LogP contribution in [0.2, 0.25) is 0 Å². The topological polar surface area (TPSA) is 114 Å². The lowest BCUT2D eigenvalue weighted by molar-refractivity contribution is -0.00581. The van der Waals surface area contributed by atoms with Crippen LogP contribution in [0.1, 0.15) is 54.2 Å². The van der Waals surface area contributed by atoms with E-state index in [0.717, 1.165) is 48.9 Å². The van der Waals surface area contributed by atoms with Crippen LogP contribution >= 0.6 is 0 Å². The van der Waals surface area contributed by atoms with Crippen LogP contribution in [0, 0.1) is 0 Å². The molecule has 0 radical (unpaired) electrons. The van der Waals surface area contributed by atoms with E-state index >= 15 is 0 Å². The smallest absolute Gasteiger partial charge is 0.407 e. The molecule has 0 bridgehead atoms. The lowest BCUT2D eigenvalue weighted by Crippen LogP contribution is -2.57. The molecule has 1 saturated carbocycles. The van der Waals surface area contributed by atoms with Crippen molar-refractivity contribution in [3.05, 3.63) is 78.2 Å². The first-order valence-electron chi connectivity index (χ1n) is 14.3. The molecular formula is C31H39N5O4. The van der Waals surface area contributed by atoms with Gasteiger partial charge in [-0.3, -0.25) is 4.79 Å². The standard InChI is InChI=1S/C31H39N5O4/c32-16-9-19-40-27-15-8-7-14-26(27)36-22-33-28(29(36)24-12-5-2-6-13-24)30(37)35-18-17-34(31(38)39)21-25(35)20-23-10-3-1-4-11-23/h1-6,10-13,22,25-27H,7-9,14-21,32H2,(H,38,39)/t25-,26+,27+/m1/s1. The van der Waals surface area contributed by atoms with E-state index in [1.54, 1.807) is 6.33 Å². The van der Waals surface area contributed by atoms with Crippen molar-refractivity contribution in [3.63, 3.8) is 0 Å². The number of carboxylic acid groups (broad SMARTS) is 1. The molecule has 9 nitrogen and oxygen atoms in total. The number of piperazine rings is 1. The van der Waals surface area contributed by atoms with Gasteiger partial charge in [-0.25, -0.2) is 9.78 Å². The van der Waals surface area contributed by atoms with Gasteiger partial charge in [-0.15, -0.1) is 0 Å². The number of nitrogens with two attached hydrogens (primary N) is 1. The second-order valence-electron chi connectivity index (χ2n) is 10.7. The largest absolute Gasteiger partial charge is 0.465 e. The summed E-state index contributed by atoms with van der Waals surface area (Å²) >= 11 is 0. The fourth-order valence-corrected chi connectivity index (χ4v) is 6.05. The maximum atomic E-state index is 14.3. The van der Waals surface area contributed by atoms with E-state index in [0.29, 0.717) is 31.8 Å². The van der Waals surface area contributed by atoms with Crippen LogP contribution in [0.15, 0.2) is 67.0 Å². The van der Waals surface area contributed by atoms with Crippen molar-refractivity contribution in [1.29, 1.82) is 0 Å². The summed E-state index contributed by atoms with van der Waals surface area (Å²) in [5, 5.41) is 9.69. The van der Waals surface area contributed by atoms with Crippen LogP contribution < -0.4 is 5.73 Å². The molecular weight excluding hydrogens is 506 g/mol. The summed E-state index contributed by atoms with van der Waals surface area (Å²) in [6.45, 7) is 2.06. The number of rotatable bonds is 9. The maximum absolute atomic E-state index is 14.3. The molecule has 9 heteroatoms. The lowest BCUT2D eigenvalue weighted by Gasteiger charge is -2.40. The molecule has 40 heavy (non-hydrogen) atoms. The summed E-state index contributed by atoms with van der Waals surface area (Å²) in [4.78, 5) is 34.1. The Hall–Kier alpha value is -3.69. The number of hydrogen-bond donors (Lipinski definition) is 2. The van der Waals surface area contributed by atoms with Crippen molar-refractivity contribution in [2.24, 2.45) is 5.73 Å². The Morgan fingerprint density at radius 2 is 1.73 bits per heavy atom. The van der Waals surface area contributed by atoms with Crippen molar-refractivity contribution in [2.75, 3.05) is 32.8 Å². The predicted octanol–water partition coefficient (Wildman–Crippen LogP) is 4.45. The summed E-state index contributed by atoms with van der Waals surface area (Å²) in [7, 11) is 0. The van der Waals surface area contributed by atoms with Gasteiger partial charge in [0.2, 0.25) is 0 Å². The van der Waals surface area contributed by atoms with Crippen molar-refractivity contribution in [1.82, 2.24) is 19.4 Å². The molecule has 5 rings (SSSR count). The Labute approximate surface area is 235 Å². The highest BCUT2D eigenvalue weighted by atomic mass is 16.5. The number of benzene rings is 2. The van der Waals surface area contributed by atoms with Gasteiger partial charge in [0, 0.05) is 31.8 Å². The molecule has 2 aromatic carbocycles. The third-order valence-electron chi connectivity index (χ3n) is 8.08. The molecule has 0 unspecified atom stereocenters. The van der Waals surface area contributed by atoms with Crippen LogP contribution in [-0.4, -0.2) is 81.4 Å². The van der Waals surface area contributed by atoms with Crippen molar-refractivity contribution >= 4 is 12.0 Å². The zero-order valence-corrected chi connectivity index (χ0v) is 22.9. The first kappa shape index (κ1) is 27.9. The van der Waals surface area contributed by atoms with Crippen molar-refractivity contribution in [2.45, 2.75) is 56.7 Å². The van der Waals surface area contributed by atoms with Gasteiger partial charge in [0.25, 0.3) is 5.91 Å². The normalized spacial score (nSPS) is 21.4. The van der Waals surface area contributed by atoms with E-state index in [-0.39, 0.29) is 37.2 Å². The van der Waals surface area contributed by atoms with E-state index in [1.807, 2.05) is 65.6 Å². The monoisotopic (exact) mass is 545 g/mol. The minimum atomic E-state index is -0.961. The van der Waals surface area contributed by atoms with Crippen LogP contribution in [0.3, 0.4) is 0 Å². The van der Waals surface area contributed by atoms with Crippen LogP contribution in [0.4, 0.5) is 4.79 Å². The van der Waals surface area contributed by atoms with Crippen LogP contribution in [0.5, 0.6) is 0 Å². The van der Waals surface area contributed by atoms with E-state index < -0.39 is 6.09 Å². The Morgan fingerprint density at radius 3 is 2.45 bits per heavy atom. The average Bonchev–Trinajstić information content (AvgIpc) is 3.43. The Kier molecular flexibility index (Phi) is 9.13. The number of amides is 2. The Morgan fingerprint density at radius 1 is 1.00 bits per heavy atom. The molecule has 1 aliphatic heterocycles. The van der Waals surface area contributed by atoms with Gasteiger partial charge in [-0.05, 0) is 37.8 Å². The Balaban J connectivity index is 1.49. The van der Waals surface area contributed by atoms with Crippen LogP contribution in [-0.2, 0) is 11.2 Å². The summed E-state index contributed by atoms with van der Waals surface area (Å²) in [5.74, 6) is -0.167. The molecule has 2 fully saturated rings. The quantitative estimate of drug-likeness (QED) is 0.384. The first-order valence-corrected chi connectivity index (χ1v) is 14.3. The molecule has 1 saturated heterocycles. The maximum Gasteiger partial charge on any atom is 0.407 e. The number of carbonyl (C=O) groups is 2. The van der Waals surface area contributed by atoms with Gasteiger partial charge >= 0.3 is 6.09 Å². The van der Waals surface area contributed by atoms with Gasteiger partial charge in [-0.2, -0.15) is 0 Å². The zero-order chi connectivity index (χ0) is 27.9. The van der Waals surface area contributed by atoms with E-state index in [2.05, 4.69) is 4.57 Å². The average molecular weight is 546 g/mol. The number of imidazole rings is 1. The highest BCUT2D eigenvalue weighted by Crippen LogP contribution is 2.36. The van der Waals surface area contributed by atoms with E-state index in [4.69, 9.17) is 15.5 Å². The van der Waals surface area contributed by atoms with Gasteiger partial charge in [-0.1, -0.05) is 73.5 Å². The predicted molar refractivity (Wildman–Crippen MR) is 153 cm³/mol. The number of ether oxygens (including phenoxy) is 1. The second-order valence-corrected chi connectivity index (χ2v) is 10.7. The zero-order valence-electron chi connectivity index (χ0n) is 22.9. The van der Waals surface area contributed by atoms with Gasteiger partial charge in [0.15, 0.2) is 5.69 Å². The molecule has 2 aliphatic rings. The molecule has 3 atom stereocenters. The highest BCUT2D eigenvalue weighted by molar-refractivity contribution is 5.98. The molecule has 2 heterocycles. The van der Waals surface area contributed by atoms with E-state index in [9.17, 15) is 14.7 Å². The first-order chi connectivity index (χ1) is 19.6. The summed E-state index contributed by atoms with van der Waals surface area (Å²) < 4.78 is 8.45. The molecule has 0 spiro atoms. The van der Waals surface area contributed by atoms with Gasteiger partial charge < -0.3 is 29.9 Å². The molecule has 1 aliphatic carbocycles. The summed E-state index contributed by atoms with van der Waals surface area (Å²) in [6, 6.07) is 19.6. The van der Waals surface area contributed by atoms with Gasteiger partial charge in [0.1, 0.15) is 0 Å². The van der Waals surface area contributed by atoms with Gasteiger partial charge in [0.05, 0.1) is 30.2 Å². The lowest BCUT2D eigenvalue weighted by atomic mass is 9.91. The number of carbonyl (C=O) groups excluding carboxylic acids is 1. The molecule has 3 N–H and O–H groups in total. The number of hydrogen-bond acceptors (Lipinski definition) is 5. The fraction of sp³-hybridized carbons (Fsp3) is 0.452. The molecule has 3 aromatic rings. The fourth-order valence-electron chi connectivity index (χ4n) is 6.05. The van der Waals surface area contributed by atoms with E-state index in [1.165, 1.54) is 4.90 Å². The molecule has 212 valence electrons. The number of aromatic nitrogens is 2. The minimum Gasteiger partial charge on any atom is -0.465 e. The van der Waals surface area contributed by atoms with Crippen LogP contribution in [0.25, 0.3) is 11.3 Å². The summed E-state index contributed by atoms with van der Waals surface area (Å²) in [5.41, 5.74) is 8.90. The SMILES string of the molecule is NCCCO[C@H]1CCCC[C@@H]1n1cnc(C(=O)N2CCN(C(=O)O)C[C@H]2Cc2ccccc2)c1-c1ccccc1. The molecule has 1 aromatic heterocycles. The Bertz CT molecular complexity index is 1270. The minimum absolute atomic E-state index is 0.0323. The third-order valence-corrected chi connectivity index (χ3v) is 8.08. The molecule has 2 amide bonds. The second kappa shape index (κ2) is 13.1. The third kappa shape index (κ3) is 6.21. The highest BCUT2D eigenvalue weighted by Gasteiger charge is 2.37. The summed E-state index contributed by atoms with van der Waals surface area (Å²) in [6.07, 6.45) is 6.36. The number of nitrogens with zero attached hydrogens (tertiary/aromatic N) is 4.